The summed E-state index contributed by atoms with van der Waals surface area (Å²) in [6.45, 7) is 10.0. The molecule has 2 bridgehead atoms. The Kier molecular flexibility index (Phi) is 6.49. The van der Waals surface area contributed by atoms with E-state index in [4.69, 9.17) is 9.47 Å². The van der Waals surface area contributed by atoms with Crippen molar-refractivity contribution in [2.45, 2.75) is 83.6 Å². The molecular formula is C22H36N2O6. The lowest BCUT2D eigenvalue weighted by atomic mass is 9.62. The number of ether oxygens (including phenoxy) is 2. The summed E-state index contributed by atoms with van der Waals surface area (Å²) in [6, 6.07) is -0.843. The molecule has 3 fully saturated rings. The van der Waals surface area contributed by atoms with Crippen LogP contribution in [-0.2, 0) is 23.9 Å². The summed E-state index contributed by atoms with van der Waals surface area (Å²) in [6.07, 6.45) is 2.66. The van der Waals surface area contributed by atoms with E-state index in [2.05, 4.69) is 12.2 Å². The standard InChI is InChI=1S/C22H36N2O6/c1-6-9-14(4)23-18(26)17-22-12-13(3)21(5,30-22)16(20(28)29-7-2)15(22)19(27)24(17)10-8-11-25/h13-17,25H,6-12H2,1-5H3,(H,23,26)/t13?,14?,15-,16+,17?,21-,22?/m0/s1. The van der Waals surface area contributed by atoms with Gasteiger partial charge < -0.3 is 24.8 Å². The minimum absolute atomic E-state index is 0.00267. The molecule has 2 N–H and O–H groups in total. The molecule has 0 aromatic rings. The van der Waals surface area contributed by atoms with E-state index in [-0.39, 0.29) is 43.5 Å². The SMILES string of the molecule is CCCC(C)NC(=O)C1N(CCCO)C(=O)[C@@H]2[C@H](C(=O)OCC)[C@@]3(C)OC12CC3C. The van der Waals surface area contributed by atoms with Crippen LogP contribution in [0.4, 0.5) is 0 Å². The van der Waals surface area contributed by atoms with Gasteiger partial charge in [0.25, 0.3) is 0 Å². The molecule has 0 saturated carbocycles. The number of aliphatic hydroxyl groups excluding tert-OH is 1. The van der Waals surface area contributed by atoms with Crippen molar-refractivity contribution in [2.75, 3.05) is 19.8 Å². The summed E-state index contributed by atoms with van der Waals surface area (Å²) in [5, 5.41) is 12.4. The normalized spacial score (nSPS) is 37.9. The van der Waals surface area contributed by atoms with Crippen LogP contribution in [0.3, 0.4) is 0 Å². The van der Waals surface area contributed by atoms with Crippen LogP contribution in [0.2, 0.25) is 0 Å². The first kappa shape index (κ1) is 23.0. The number of hydrogen-bond donors (Lipinski definition) is 2. The second-order valence-electron chi connectivity index (χ2n) is 9.26. The Labute approximate surface area is 178 Å². The van der Waals surface area contributed by atoms with Gasteiger partial charge in [-0.3, -0.25) is 14.4 Å². The molecule has 2 amide bonds. The van der Waals surface area contributed by atoms with E-state index < -0.39 is 35.0 Å². The van der Waals surface area contributed by atoms with Gasteiger partial charge in [0.15, 0.2) is 0 Å². The van der Waals surface area contributed by atoms with Crippen molar-refractivity contribution in [1.29, 1.82) is 0 Å². The van der Waals surface area contributed by atoms with Gasteiger partial charge in [-0.1, -0.05) is 20.3 Å². The predicted octanol–water partition coefficient (Wildman–Crippen LogP) is 1.25. The monoisotopic (exact) mass is 424 g/mol. The maximum atomic E-state index is 13.5. The Morgan fingerprint density at radius 1 is 1.40 bits per heavy atom. The number of esters is 1. The van der Waals surface area contributed by atoms with Crippen molar-refractivity contribution in [3.8, 4) is 0 Å². The van der Waals surface area contributed by atoms with Crippen LogP contribution < -0.4 is 5.32 Å². The van der Waals surface area contributed by atoms with Crippen molar-refractivity contribution in [2.24, 2.45) is 17.8 Å². The van der Waals surface area contributed by atoms with Crippen LogP contribution in [0.15, 0.2) is 0 Å². The first-order valence-electron chi connectivity index (χ1n) is 11.3. The highest BCUT2D eigenvalue weighted by Gasteiger charge is 2.80. The van der Waals surface area contributed by atoms with E-state index in [1.807, 2.05) is 20.8 Å². The summed E-state index contributed by atoms with van der Waals surface area (Å²) in [7, 11) is 0. The van der Waals surface area contributed by atoms with Gasteiger partial charge in [-0.05, 0) is 46.0 Å². The minimum atomic E-state index is -1.05. The molecule has 0 aromatic carbocycles. The van der Waals surface area contributed by atoms with E-state index in [0.29, 0.717) is 12.8 Å². The summed E-state index contributed by atoms with van der Waals surface area (Å²) >= 11 is 0. The number of carbonyl (C=O) groups excluding carboxylic acids is 3. The molecule has 7 atom stereocenters. The molecule has 0 aromatic heterocycles. The number of hydrogen-bond acceptors (Lipinski definition) is 6. The van der Waals surface area contributed by atoms with Gasteiger partial charge in [0.05, 0.1) is 18.1 Å². The maximum Gasteiger partial charge on any atom is 0.312 e. The molecule has 170 valence electrons. The summed E-state index contributed by atoms with van der Waals surface area (Å²) in [4.78, 5) is 41.4. The third-order valence-corrected chi connectivity index (χ3v) is 7.27. The van der Waals surface area contributed by atoms with E-state index in [1.54, 1.807) is 6.92 Å². The van der Waals surface area contributed by atoms with E-state index in [0.717, 1.165) is 12.8 Å². The quantitative estimate of drug-likeness (QED) is 0.540. The average molecular weight is 425 g/mol. The third kappa shape index (κ3) is 3.32. The summed E-state index contributed by atoms with van der Waals surface area (Å²) in [5.41, 5.74) is -1.89. The van der Waals surface area contributed by atoms with Crippen molar-refractivity contribution in [1.82, 2.24) is 10.2 Å². The Balaban J connectivity index is 2.02. The van der Waals surface area contributed by atoms with Crippen molar-refractivity contribution in [3.05, 3.63) is 0 Å². The Hall–Kier alpha value is -1.67. The van der Waals surface area contributed by atoms with Gasteiger partial charge in [-0.15, -0.1) is 0 Å². The third-order valence-electron chi connectivity index (χ3n) is 7.27. The molecule has 1 spiro atoms. The van der Waals surface area contributed by atoms with Crippen LogP contribution in [0.5, 0.6) is 0 Å². The van der Waals surface area contributed by atoms with Crippen molar-refractivity contribution < 1.29 is 29.0 Å². The van der Waals surface area contributed by atoms with Crippen molar-refractivity contribution >= 4 is 17.8 Å². The molecule has 3 saturated heterocycles. The molecule has 3 aliphatic heterocycles. The van der Waals surface area contributed by atoms with Crippen LogP contribution >= 0.6 is 0 Å². The molecule has 3 rings (SSSR count). The fourth-order valence-electron chi connectivity index (χ4n) is 5.94. The highest BCUT2D eigenvalue weighted by molar-refractivity contribution is 5.98. The Morgan fingerprint density at radius 3 is 2.70 bits per heavy atom. The van der Waals surface area contributed by atoms with Gasteiger partial charge in [0, 0.05) is 19.2 Å². The summed E-state index contributed by atoms with van der Waals surface area (Å²) < 4.78 is 11.9. The number of nitrogens with one attached hydrogen (secondary N) is 1. The molecule has 0 aliphatic carbocycles. The van der Waals surface area contributed by atoms with E-state index in [9.17, 15) is 19.5 Å². The lowest BCUT2D eigenvalue weighted by Gasteiger charge is -2.36. The minimum Gasteiger partial charge on any atom is -0.466 e. The number of likely N-dealkylation sites (tertiary alicyclic amines) is 1. The van der Waals surface area contributed by atoms with Crippen LogP contribution in [-0.4, -0.2) is 70.8 Å². The lowest BCUT2D eigenvalue weighted by molar-refractivity contribution is -0.161. The van der Waals surface area contributed by atoms with Gasteiger partial charge in [-0.2, -0.15) is 0 Å². The molecule has 4 unspecified atom stereocenters. The average Bonchev–Trinajstić information content (AvgIpc) is 3.17. The second kappa shape index (κ2) is 8.46. The number of aliphatic hydroxyl groups is 1. The molecule has 3 aliphatic rings. The zero-order chi connectivity index (χ0) is 22.3. The maximum absolute atomic E-state index is 13.5. The number of carbonyl (C=O) groups is 3. The topological polar surface area (TPSA) is 105 Å². The van der Waals surface area contributed by atoms with Gasteiger partial charge in [0.1, 0.15) is 17.6 Å². The number of fused-ring (bicyclic) bond motifs is 1. The smallest absolute Gasteiger partial charge is 0.312 e. The molecule has 8 heteroatoms. The lowest BCUT2D eigenvalue weighted by Crippen LogP contribution is -2.57. The zero-order valence-electron chi connectivity index (χ0n) is 18.8. The van der Waals surface area contributed by atoms with Crippen LogP contribution in [0, 0.1) is 17.8 Å². The molecular weight excluding hydrogens is 388 g/mol. The number of nitrogens with zero attached hydrogens (tertiary/aromatic N) is 1. The Morgan fingerprint density at radius 2 is 2.10 bits per heavy atom. The highest BCUT2D eigenvalue weighted by Crippen LogP contribution is 2.65. The largest absolute Gasteiger partial charge is 0.466 e. The molecule has 3 heterocycles. The van der Waals surface area contributed by atoms with Gasteiger partial charge in [-0.25, -0.2) is 0 Å². The first-order valence-corrected chi connectivity index (χ1v) is 11.3. The first-order chi connectivity index (χ1) is 14.2. The summed E-state index contributed by atoms with van der Waals surface area (Å²) in [5.74, 6) is -2.41. The van der Waals surface area contributed by atoms with Crippen LogP contribution in [0.25, 0.3) is 0 Å². The fourth-order valence-corrected chi connectivity index (χ4v) is 5.94. The predicted molar refractivity (Wildman–Crippen MR) is 109 cm³/mol. The fraction of sp³-hybridized carbons (Fsp3) is 0.864. The van der Waals surface area contributed by atoms with Gasteiger partial charge in [0.2, 0.25) is 11.8 Å². The number of rotatable bonds is 9. The zero-order valence-corrected chi connectivity index (χ0v) is 18.8. The van der Waals surface area contributed by atoms with E-state index >= 15 is 0 Å². The molecule has 8 nitrogen and oxygen atoms in total. The molecule has 0 radical (unpaired) electrons. The molecule has 30 heavy (non-hydrogen) atoms. The second-order valence-corrected chi connectivity index (χ2v) is 9.26. The highest BCUT2D eigenvalue weighted by atomic mass is 16.6. The van der Waals surface area contributed by atoms with Crippen molar-refractivity contribution in [3.63, 3.8) is 0 Å². The Bertz CT molecular complexity index is 699. The number of amides is 2. The van der Waals surface area contributed by atoms with Crippen LogP contribution in [0.1, 0.15) is 60.3 Å². The van der Waals surface area contributed by atoms with E-state index in [1.165, 1.54) is 4.90 Å². The van der Waals surface area contributed by atoms with Gasteiger partial charge >= 0.3 is 5.97 Å².